The van der Waals surface area contributed by atoms with Crippen molar-refractivity contribution in [1.29, 1.82) is 0 Å². The summed E-state index contributed by atoms with van der Waals surface area (Å²) >= 11 is 11.6. The molecule has 0 radical (unpaired) electrons. The highest BCUT2D eigenvalue weighted by Gasteiger charge is 2.42. The second kappa shape index (κ2) is 3.11. The Hall–Kier alpha value is -0.470. The molecule has 2 atom stereocenters. The number of hydrogen-bond donors (Lipinski definition) is 1. The predicted octanol–water partition coefficient (Wildman–Crippen LogP) is 2.38. The third kappa shape index (κ3) is 1.37. The minimum atomic E-state index is -1.38. The van der Waals surface area contributed by atoms with Crippen molar-refractivity contribution in [3.63, 3.8) is 0 Å². The number of hydrogen-bond acceptors (Lipinski definition) is 1. The lowest BCUT2D eigenvalue weighted by atomic mass is 9.89. The van der Waals surface area contributed by atoms with Gasteiger partial charge in [-0.2, -0.15) is 0 Å². The van der Waals surface area contributed by atoms with Gasteiger partial charge in [0.25, 0.3) is 0 Å². The van der Waals surface area contributed by atoms with Crippen molar-refractivity contribution in [3.8, 4) is 0 Å². The van der Waals surface area contributed by atoms with Gasteiger partial charge in [-0.25, -0.2) is 4.79 Å². The first kappa shape index (κ1) is 9.62. The fourth-order valence-corrected chi connectivity index (χ4v) is 1.52. The average molecular weight is 207 g/mol. The second-order valence-electron chi connectivity index (χ2n) is 2.71. The first-order valence-electron chi connectivity index (χ1n) is 3.45. The van der Waals surface area contributed by atoms with Gasteiger partial charge in [0.2, 0.25) is 0 Å². The van der Waals surface area contributed by atoms with Gasteiger partial charge < -0.3 is 5.11 Å². The van der Waals surface area contributed by atoms with Crippen molar-refractivity contribution in [2.45, 2.75) is 11.8 Å². The maximum Gasteiger partial charge on any atom is 0.329 e. The standard InChI is InChI=1S/C8H8Cl2O2/c1-5-6(9)3-2-4-8(5,10)7(11)12/h2-5H,1H3,(H,11,12). The number of carboxylic acid groups (broad SMARTS) is 1. The quantitative estimate of drug-likeness (QED) is 0.670. The molecular weight excluding hydrogens is 199 g/mol. The summed E-state index contributed by atoms with van der Waals surface area (Å²) in [6.07, 6.45) is 4.65. The molecule has 1 aliphatic carbocycles. The lowest BCUT2D eigenvalue weighted by molar-refractivity contribution is -0.139. The van der Waals surface area contributed by atoms with E-state index in [1.807, 2.05) is 0 Å². The summed E-state index contributed by atoms with van der Waals surface area (Å²) in [5, 5.41) is 9.28. The molecule has 0 spiro atoms. The number of aliphatic carboxylic acids is 1. The van der Waals surface area contributed by atoms with E-state index in [4.69, 9.17) is 28.3 Å². The van der Waals surface area contributed by atoms with Gasteiger partial charge in [0.15, 0.2) is 4.87 Å². The molecule has 4 heteroatoms. The maximum atomic E-state index is 10.8. The van der Waals surface area contributed by atoms with E-state index in [-0.39, 0.29) is 5.92 Å². The van der Waals surface area contributed by atoms with Crippen molar-refractivity contribution < 1.29 is 9.90 Å². The third-order valence-corrected chi connectivity index (χ3v) is 3.03. The van der Waals surface area contributed by atoms with E-state index >= 15 is 0 Å². The van der Waals surface area contributed by atoms with E-state index in [9.17, 15) is 4.79 Å². The fourth-order valence-electron chi connectivity index (χ4n) is 1.03. The van der Waals surface area contributed by atoms with Crippen LogP contribution in [0, 0.1) is 5.92 Å². The molecule has 0 saturated carbocycles. The Balaban J connectivity index is 3.03. The summed E-state index contributed by atoms with van der Waals surface area (Å²) in [6.45, 7) is 1.68. The molecule has 12 heavy (non-hydrogen) atoms. The van der Waals surface area contributed by atoms with E-state index in [0.29, 0.717) is 5.03 Å². The SMILES string of the molecule is CC1C(Cl)=CC=CC1(Cl)C(=O)O. The molecule has 0 fully saturated rings. The molecular formula is C8H8Cl2O2. The van der Waals surface area contributed by atoms with Gasteiger partial charge in [-0.3, -0.25) is 0 Å². The number of carbonyl (C=O) groups is 1. The molecule has 66 valence electrons. The van der Waals surface area contributed by atoms with E-state index in [2.05, 4.69) is 0 Å². The molecule has 0 bridgehead atoms. The highest BCUT2D eigenvalue weighted by Crippen LogP contribution is 2.37. The van der Waals surface area contributed by atoms with Crippen LogP contribution in [0.15, 0.2) is 23.3 Å². The van der Waals surface area contributed by atoms with Gasteiger partial charge in [-0.1, -0.05) is 30.7 Å². The monoisotopic (exact) mass is 206 g/mol. The lowest BCUT2D eigenvalue weighted by Gasteiger charge is -2.27. The molecule has 0 heterocycles. The van der Waals surface area contributed by atoms with Crippen LogP contribution in [0.3, 0.4) is 0 Å². The summed E-state index contributed by atoms with van der Waals surface area (Å²) in [5.41, 5.74) is 0. The highest BCUT2D eigenvalue weighted by molar-refractivity contribution is 6.38. The Kier molecular flexibility index (Phi) is 2.49. The topological polar surface area (TPSA) is 37.3 Å². The van der Waals surface area contributed by atoms with Crippen LogP contribution < -0.4 is 0 Å². The van der Waals surface area contributed by atoms with Crippen LogP contribution in [-0.2, 0) is 4.79 Å². The molecule has 0 aromatic rings. The first-order valence-corrected chi connectivity index (χ1v) is 4.21. The summed E-state index contributed by atoms with van der Waals surface area (Å²) in [5.74, 6) is -1.46. The smallest absolute Gasteiger partial charge is 0.329 e. The summed E-state index contributed by atoms with van der Waals surface area (Å²) < 4.78 is 0. The third-order valence-electron chi connectivity index (χ3n) is 1.97. The van der Waals surface area contributed by atoms with E-state index in [1.54, 1.807) is 19.1 Å². The van der Waals surface area contributed by atoms with E-state index < -0.39 is 10.8 Å². The molecule has 1 aliphatic rings. The molecule has 0 amide bonds. The number of allylic oxidation sites excluding steroid dienone is 3. The van der Waals surface area contributed by atoms with E-state index in [1.165, 1.54) is 6.08 Å². The minimum Gasteiger partial charge on any atom is -0.480 e. The van der Waals surface area contributed by atoms with Crippen LogP contribution in [0.25, 0.3) is 0 Å². The number of halogens is 2. The molecule has 0 aliphatic heterocycles. The van der Waals surface area contributed by atoms with Gasteiger partial charge in [0.05, 0.1) is 0 Å². The van der Waals surface area contributed by atoms with Gasteiger partial charge in [0.1, 0.15) is 0 Å². The molecule has 1 N–H and O–H groups in total. The zero-order valence-electron chi connectivity index (χ0n) is 6.42. The van der Waals surface area contributed by atoms with Crippen LogP contribution in [-0.4, -0.2) is 16.0 Å². The Labute approximate surface area is 80.5 Å². The Morgan fingerprint density at radius 3 is 2.75 bits per heavy atom. The average Bonchev–Trinajstić information content (AvgIpc) is 2.00. The highest BCUT2D eigenvalue weighted by atomic mass is 35.5. The van der Waals surface area contributed by atoms with Crippen LogP contribution in [0.5, 0.6) is 0 Å². The number of alkyl halides is 1. The van der Waals surface area contributed by atoms with Crippen molar-refractivity contribution in [1.82, 2.24) is 0 Å². The van der Waals surface area contributed by atoms with Crippen molar-refractivity contribution in [2.75, 3.05) is 0 Å². The Bertz CT molecular complexity index is 270. The molecule has 0 saturated heterocycles. The molecule has 0 aromatic heterocycles. The van der Waals surface area contributed by atoms with Gasteiger partial charge >= 0.3 is 5.97 Å². The molecule has 2 unspecified atom stereocenters. The number of rotatable bonds is 1. The van der Waals surface area contributed by atoms with Crippen LogP contribution in [0.1, 0.15) is 6.92 Å². The lowest BCUT2D eigenvalue weighted by Crippen LogP contribution is -2.38. The largest absolute Gasteiger partial charge is 0.480 e. The van der Waals surface area contributed by atoms with Crippen molar-refractivity contribution in [2.24, 2.45) is 5.92 Å². The van der Waals surface area contributed by atoms with Crippen LogP contribution >= 0.6 is 23.2 Å². The summed E-state index contributed by atoms with van der Waals surface area (Å²) in [6, 6.07) is 0. The predicted molar refractivity (Wildman–Crippen MR) is 48.5 cm³/mol. The zero-order valence-corrected chi connectivity index (χ0v) is 7.93. The maximum absolute atomic E-state index is 10.8. The van der Waals surface area contributed by atoms with Gasteiger partial charge in [-0.15, -0.1) is 11.6 Å². The normalized spacial score (nSPS) is 34.6. The molecule has 2 nitrogen and oxygen atoms in total. The Morgan fingerprint density at radius 1 is 1.75 bits per heavy atom. The van der Waals surface area contributed by atoms with Crippen LogP contribution in [0.2, 0.25) is 0 Å². The fraction of sp³-hybridized carbons (Fsp3) is 0.375. The van der Waals surface area contributed by atoms with E-state index in [0.717, 1.165) is 0 Å². The van der Waals surface area contributed by atoms with Gasteiger partial charge in [0, 0.05) is 11.0 Å². The van der Waals surface area contributed by atoms with Gasteiger partial charge in [-0.05, 0) is 6.08 Å². The van der Waals surface area contributed by atoms with Crippen LogP contribution in [0.4, 0.5) is 0 Å². The summed E-state index contributed by atoms with van der Waals surface area (Å²) in [7, 11) is 0. The summed E-state index contributed by atoms with van der Waals surface area (Å²) in [4.78, 5) is 9.38. The molecule has 0 aromatic carbocycles. The van der Waals surface area contributed by atoms with Crippen molar-refractivity contribution in [3.05, 3.63) is 23.3 Å². The zero-order chi connectivity index (χ0) is 9.35. The number of carboxylic acids is 1. The van der Waals surface area contributed by atoms with Crippen molar-refractivity contribution >= 4 is 29.2 Å². The second-order valence-corrected chi connectivity index (χ2v) is 3.77. The Morgan fingerprint density at radius 2 is 2.33 bits per heavy atom. The first-order chi connectivity index (χ1) is 5.48. The molecule has 1 rings (SSSR count). The minimum absolute atomic E-state index is 0.386.